The van der Waals surface area contributed by atoms with Crippen LogP contribution in [0.3, 0.4) is 0 Å². The first-order valence-corrected chi connectivity index (χ1v) is 7.99. The molecule has 10 heteroatoms. The van der Waals surface area contributed by atoms with Gasteiger partial charge in [0.05, 0.1) is 4.92 Å². The molecule has 0 heterocycles. The molecule has 0 bridgehead atoms. The number of phenolic OH excluding ortho intramolecular Hbond substituents is 1. The van der Waals surface area contributed by atoms with Crippen molar-refractivity contribution in [3.63, 3.8) is 0 Å². The molecule has 0 aliphatic rings. The molecular formula is C18H17N3O7. The summed E-state index contributed by atoms with van der Waals surface area (Å²) in [6.45, 7) is 3.78. The van der Waals surface area contributed by atoms with Gasteiger partial charge < -0.3 is 19.5 Å². The Morgan fingerprint density at radius 3 is 2.54 bits per heavy atom. The van der Waals surface area contributed by atoms with Crippen LogP contribution in [-0.4, -0.2) is 46.7 Å². The summed E-state index contributed by atoms with van der Waals surface area (Å²) in [6, 6.07) is 3.71. The normalized spacial score (nSPS) is 10.4. The van der Waals surface area contributed by atoms with Gasteiger partial charge in [0.25, 0.3) is 5.91 Å². The molecule has 0 radical (unpaired) electrons. The fraction of sp³-hybridized carbons (Fsp3) is 0.278. The number of nitro benzene ring substituents is 1. The zero-order valence-electron chi connectivity index (χ0n) is 15.2. The Balaban J connectivity index is 3.40. The Kier molecular flexibility index (Phi) is 8.00. The van der Waals surface area contributed by atoms with Crippen LogP contribution in [0.1, 0.15) is 19.4 Å². The highest BCUT2D eigenvalue weighted by Gasteiger charge is 2.23. The van der Waals surface area contributed by atoms with Crippen LogP contribution < -0.4 is 4.74 Å². The number of aromatic hydroxyl groups is 1. The fourth-order valence-corrected chi connectivity index (χ4v) is 2.12. The number of hydrogen-bond acceptors (Lipinski definition) is 8. The Labute approximate surface area is 160 Å². The van der Waals surface area contributed by atoms with E-state index in [-0.39, 0.29) is 11.1 Å². The Morgan fingerprint density at radius 2 is 2.04 bits per heavy atom. The van der Waals surface area contributed by atoms with Gasteiger partial charge in [-0.05, 0) is 31.6 Å². The number of ether oxygens (including phenoxy) is 2. The van der Waals surface area contributed by atoms with Gasteiger partial charge in [-0.3, -0.25) is 14.9 Å². The molecule has 0 aliphatic heterocycles. The van der Waals surface area contributed by atoms with Crippen LogP contribution in [0.25, 0.3) is 6.08 Å². The Bertz CT molecular complexity index is 890. The highest BCUT2D eigenvalue weighted by Crippen LogP contribution is 2.38. The second-order valence-electron chi connectivity index (χ2n) is 5.14. The molecule has 0 spiro atoms. The number of amides is 1. The van der Waals surface area contributed by atoms with E-state index in [0.29, 0.717) is 13.1 Å². The number of carbonyl (C=O) groups excluding carboxylic acids is 2. The molecule has 0 saturated carbocycles. The van der Waals surface area contributed by atoms with Crippen molar-refractivity contribution in [1.29, 1.82) is 5.26 Å². The lowest BCUT2D eigenvalue weighted by Crippen LogP contribution is -2.31. The van der Waals surface area contributed by atoms with Crippen molar-refractivity contribution in [2.75, 3.05) is 19.7 Å². The van der Waals surface area contributed by atoms with Gasteiger partial charge in [0, 0.05) is 19.2 Å². The van der Waals surface area contributed by atoms with Crippen LogP contribution in [0.2, 0.25) is 0 Å². The summed E-state index contributed by atoms with van der Waals surface area (Å²) in [6.07, 6.45) is 4.74. The predicted octanol–water partition coefficient (Wildman–Crippen LogP) is 2.22. The van der Waals surface area contributed by atoms with Crippen molar-refractivity contribution in [1.82, 2.24) is 4.90 Å². The summed E-state index contributed by atoms with van der Waals surface area (Å²) >= 11 is 0. The minimum Gasteiger partial charge on any atom is -0.499 e. The second kappa shape index (κ2) is 10.2. The maximum atomic E-state index is 12.3. The minimum atomic E-state index is -1.29. The van der Waals surface area contributed by atoms with Crippen molar-refractivity contribution in [3.05, 3.63) is 33.4 Å². The summed E-state index contributed by atoms with van der Waals surface area (Å²) in [4.78, 5) is 35.5. The summed E-state index contributed by atoms with van der Waals surface area (Å²) in [5, 5.41) is 30.4. The molecule has 0 saturated heterocycles. The smallest absolute Gasteiger partial charge is 0.499 e. The molecule has 1 rings (SSSR count). The molecule has 1 amide bonds. The zero-order valence-corrected chi connectivity index (χ0v) is 15.2. The molecule has 146 valence electrons. The first-order chi connectivity index (χ1) is 13.3. The lowest BCUT2D eigenvalue weighted by molar-refractivity contribution is -0.385. The summed E-state index contributed by atoms with van der Waals surface area (Å²) in [5.41, 5.74) is -1.09. The van der Waals surface area contributed by atoms with Crippen LogP contribution >= 0.6 is 0 Å². The Hall–Kier alpha value is -4.05. The van der Waals surface area contributed by atoms with Crippen LogP contribution in [0.15, 0.2) is 17.7 Å². The largest absolute Gasteiger partial charge is 0.514 e. The molecule has 0 fully saturated rings. The van der Waals surface area contributed by atoms with E-state index in [9.17, 15) is 30.1 Å². The molecular weight excluding hydrogens is 370 g/mol. The predicted molar refractivity (Wildman–Crippen MR) is 97.1 cm³/mol. The molecule has 0 atom stereocenters. The third-order valence-corrected chi connectivity index (χ3v) is 3.45. The molecule has 0 unspecified atom stereocenters. The quantitative estimate of drug-likeness (QED) is 0.143. The van der Waals surface area contributed by atoms with E-state index in [1.54, 1.807) is 19.9 Å². The number of benzene rings is 1. The zero-order chi connectivity index (χ0) is 21.3. The standard InChI is InChI=1S/C18H17N3O7/c1-4-7-27-18(24)28-15-10-12(9-14(16(15)22)21(25)26)8-13(11-19)17(23)20(5-2)6-3/h1,8-10,22H,5-7H2,2-3H3/b13-8+. The van der Waals surface area contributed by atoms with Crippen molar-refractivity contribution < 1.29 is 29.1 Å². The summed E-state index contributed by atoms with van der Waals surface area (Å²) in [7, 11) is 0. The maximum Gasteiger partial charge on any atom is 0.514 e. The van der Waals surface area contributed by atoms with Gasteiger partial charge in [-0.2, -0.15) is 5.26 Å². The molecule has 1 aromatic carbocycles. The molecule has 0 aromatic heterocycles. The number of nitro groups is 1. The summed E-state index contributed by atoms with van der Waals surface area (Å²) in [5.74, 6) is -0.0547. The van der Waals surface area contributed by atoms with Crippen molar-refractivity contribution in [3.8, 4) is 29.9 Å². The monoisotopic (exact) mass is 387 g/mol. The van der Waals surface area contributed by atoms with Gasteiger partial charge >= 0.3 is 11.8 Å². The van der Waals surface area contributed by atoms with Crippen LogP contribution in [-0.2, 0) is 9.53 Å². The number of nitrogens with zero attached hydrogens (tertiary/aromatic N) is 3. The average Bonchev–Trinajstić information content (AvgIpc) is 2.67. The highest BCUT2D eigenvalue weighted by molar-refractivity contribution is 6.01. The second-order valence-corrected chi connectivity index (χ2v) is 5.14. The first-order valence-electron chi connectivity index (χ1n) is 7.99. The highest BCUT2D eigenvalue weighted by atomic mass is 16.7. The van der Waals surface area contributed by atoms with E-state index in [0.717, 1.165) is 18.2 Å². The third-order valence-electron chi connectivity index (χ3n) is 3.45. The molecule has 0 aliphatic carbocycles. The van der Waals surface area contributed by atoms with Crippen molar-refractivity contribution >= 4 is 23.8 Å². The lowest BCUT2D eigenvalue weighted by Gasteiger charge is -2.17. The van der Waals surface area contributed by atoms with Gasteiger partial charge in [0.1, 0.15) is 11.6 Å². The van der Waals surface area contributed by atoms with Gasteiger partial charge in [0.2, 0.25) is 5.75 Å². The average molecular weight is 387 g/mol. The molecule has 28 heavy (non-hydrogen) atoms. The van der Waals surface area contributed by atoms with Crippen molar-refractivity contribution in [2.24, 2.45) is 0 Å². The fourth-order valence-electron chi connectivity index (χ4n) is 2.12. The van der Waals surface area contributed by atoms with E-state index in [2.05, 4.69) is 4.74 Å². The molecule has 1 N–H and O–H groups in total. The van der Waals surface area contributed by atoms with Crippen LogP contribution in [0.4, 0.5) is 10.5 Å². The van der Waals surface area contributed by atoms with Crippen LogP contribution in [0, 0.1) is 33.8 Å². The number of hydrogen-bond donors (Lipinski definition) is 1. The van der Waals surface area contributed by atoms with Gasteiger partial charge in [0.15, 0.2) is 12.4 Å². The number of phenols is 1. The summed E-state index contributed by atoms with van der Waals surface area (Å²) < 4.78 is 9.21. The minimum absolute atomic E-state index is 0.0127. The Morgan fingerprint density at radius 1 is 1.39 bits per heavy atom. The molecule has 1 aromatic rings. The number of carbonyl (C=O) groups is 2. The van der Waals surface area contributed by atoms with Crippen molar-refractivity contribution in [2.45, 2.75) is 13.8 Å². The topological polar surface area (TPSA) is 143 Å². The lowest BCUT2D eigenvalue weighted by atomic mass is 10.1. The van der Waals surface area contributed by atoms with E-state index < -0.39 is 40.8 Å². The van der Waals surface area contributed by atoms with Gasteiger partial charge in [-0.25, -0.2) is 4.79 Å². The van der Waals surface area contributed by atoms with E-state index in [1.807, 2.05) is 5.92 Å². The van der Waals surface area contributed by atoms with E-state index >= 15 is 0 Å². The SMILES string of the molecule is C#CCOC(=O)Oc1cc(/C=C(\C#N)C(=O)N(CC)CC)cc([N+](=O)[O-])c1O. The van der Waals surface area contributed by atoms with E-state index in [4.69, 9.17) is 11.2 Å². The van der Waals surface area contributed by atoms with Gasteiger partial charge in [-0.1, -0.05) is 5.92 Å². The maximum absolute atomic E-state index is 12.3. The van der Waals surface area contributed by atoms with Gasteiger partial charge in [-0.15, -0.1) is 6.42 Å². The molecule has 10 nitrogen and oxygen atoms in total. The number of likely N-dealkylation sites (N-methyl/N-ethyl adjacent to an activating group) is 1. The number of rotatable bonds is 7. The third kappa shape index (κ3) is 5.47. The number of nitriles is 1. The number of terminal acetylenes is 1. The first kappa shape index (κ1) is 22.0. The van der Waals surface area contributed by atoms with Crippen LogP contribution in [0.5, 0.6) is 11.5 Å². The van der Waals surface area contributed by atoms with E-state index in [1.165, 1.54) is 4.90 Å².